The Hall–Kier alpha value is -2.61. The lowest BCUT2D eigenvalue weighted by Crippen LogP contribution is -2.42. The number of likely N-dealkylation sites (tertiary alicyclic amines) is 1. The average Bonchev–Trinajstić information content (AvgIpc) is 3.20. The number of hydrogen-bond acceptors (Lipinski definition) is 6. The minimum absolute atomic E-state index is 0.0218. The van der Waals surface area contributed by atoms with E-state index in [9.17, 15) is 14.4 Å². The van der Waals surface area contributed by atoms with Crippen molar-refractivity contribution < 1.29 is 23.9 Å². The van der Waals surface area contributed by atoms with Gasteiger partial charge in [-0.15, -0.1) is 0 Å². The Labute approximate surface area is 152 Å². The van der Waals surface area contributed by atoms with Crippen LogP contribution in [0.1, 0.15) is 31.4 Å². The number of hydrogen-bond donors (Lipinski definition) is 0. The second kappa shape index (κ2) is 7.33. The Morgan fingerprint density at radius 3 is 2.42 bits per heavy atom. The first-order valence-electron chi connectivity index (χ1n) is 8.65. The lowest BCUT2D eigenvalue weighted by atomic mass is 10.0. The summed E-state index contributed by atoms with van der Waals surface area (Å²) in [5.41, 5.74) is 0.946. The molecule has 8 nitrogen and oxygen atoms in total. The van der Waals surface area contributed by atoms with Crippen molar-refractivity contribution in [1.82, 2.24) is 14.7 Å². The molecule has 0 aliphatic carbocycles. The first-order valence-corrected chi connectivity index (χ1v) is 8.65. The van der Waals surface area contributed by atoms with E-state index < -0.39 is 17.8 Å². The summed E-state index contributed by atoms with van der Waals surface area (Å²) in [7, 11) is 3.21. The van der Waals surface area contributed by atoms with Gasteiger partial charge >= 0.3 is 17.8 Å². The highest BCUT2D eigenvalue weighted by Gasteiger charge is 2.45. The number of benzene rings is 1. The monoisotopic (exact) mass is 361 g/mol. The minimum atomic E-state index is -0.764. The summed E-state index contributed by atoms with van der Waals surface area (Å²) in [5, 5.41) is 0. The number of likely N-dealkylation sites (N-methyl/N-ethyl adjacent to an activating group) is 1. The van der Waals surface area contributed by atoms with Crippen LogP contribution >= 0.6 is 0 Å². The summed E-state index contributed by atoms with van der Waals surface area (Å²) < 4.78 is 10.8. The van der Waals surface area contributed by atoms with Crippen molar-refractivity contribution in [3.8, 4) is 11.5 Å². The van der Waals surface area contributed by atoms with E-state index in [0.29, 0.717) is 5.75 Å². The normalized spacial score (nSPS) is 21.0. The molecule has 0 unspecified atom stereocenters. The molecule has 140 valence electrons. The van der Waals surface area contributed by atoms with E-state index in [1.54, 1.807) is 21.1 Å². The molecule has 26 heavy (non-hydrogen) atoms. The quantitative estimate of drug-likeness (QED) is 0.566. The second-order valence-corrected chi connectivity index (χ2v) is 6.28. The molecule has 4 amide bonds. The zero-order chi connectivity index (χ0) is 18.8. The Morgan fingerprint density at radius 2 is 1.81 bits per heavy atom. The van der Waals surface area contributed by atoms with Crippen LogP contribution in [-0.4, -0.2) is 66.5 Å². The first-order chi connectivity index (χ1) is 12.5. The van der Waals surface area contributed by atoms with Crippen LogP contribution in [0.2, 0.25) is 0 Å². The average molecular weight is 361 g/mol. The SMILES string of the molecule is CCN1C(=O)C(=O)N(CN2CCC[C@H]2c2cc(OC)ccc2OC)C1=O. The summed E-state index contributed by atoms with van der Waals surface area (Å²) >= 11 is 0. The highest BCUT2D eigenvalue weighted by Crippen LogP contribution is 2.39. The van der Waals surface area contributed by atoms with Crippen LogP contribution < -0.4 is 9.47 Å². The number of amides is 4. The van der Waals surface area contributed by atoms with Gasteiger partial charge in [0.2, 0.25) is 0 Å². The number of carbonyl (C=O) groups excluding carboxylic acids is 3. The van der Waals surface area contributed by atoms with E-state index in [1.165, 1.54) is 0 Å². The van der Waals surface area contributed by atoms with Crippen LogP contribution in [0.3, 0.4) is 0 Å². The maximum absolute atomic E-state index is 12.4. The smallest absolute Gasteiger partial charge is 0.335 e. The number of nitrogens with zero attached hydrogens (tertiary/aromatic N) is 3. The van der Waals surface area contributed by atoms with Gasteiger partial charge in [0.25, 0.3) is 0 Å². The van der Waals surface area contributed by atoms with E-state index in [2.05, 4.69) is 0 Å². The van der Waals surface area contributed by atoms with Crippen LogP contribution in [0.5, 0.6) is 11.5 Å². The largest absolute Gasteiger partial charge is 0.497 e. The van der Waals surface area contributed by atoms with E-state index in [-0.39, 0.29) is 19.3 Å². The Kier molecular flexibility index (Phi) is 5.13. The standard InChI is InChI=1S/C18H23N3O5/c1-4-20-16(22)17(23)21(18(20)24)11-19-9-5-6-14(19)13-10-12(25-2)7-8-15(13)26-3/h7-8,10,14H,4-6,9,11H2,1-3H3/t14-/m0/s1. The molecule has 0 saturated carbocycles. The number of carbonyl (C=O) groups is 3. The van der Waals surface area contributed by atoms with E-state index in [1.807, 2.05) is 23.1 Å². The molecule has 1 aromatic rings. The lowest BCUT2D eigenvalue weighted by Gasteiger charge is -2.29. The fraction of sp³-hybridized carbons (Fsp3) is 0.500. The zero-order valence-corrected chi connectivity index (χ0v) is 15.2. The molecule has 0 spiro atoms. The van der Waals surface area contributed by atoms with Gasteiger partial charge in [-0.05, 0) is 38.0 Å². The molecule has 8 heteroatoms. The fourth-order valence-corrected chi connectivity index (χ4v) is 3.58. The molecule has 0 N–H and O–H groups in total. The van der Waals surface area contributed by atoms with Gasteiger partial charge in [-0.2, -0.15) is 0 Å². The van der Waals surface area contributed by atoms with Crippen molar-refractivity contribution >= 4 is 17.8 Å². The van der Waals surface area contributed by atoms with Crippen LogP contribution in [0.4, 0.5) is 4.79 Å². The fourth-order valence-electron chi connectivity index (χ4n) is 3.58. The van der Waals surface area contributed by atoms with Crippen LogP contribution in [0, 0.1) is 0 Å². The van der Waals surface area contributed by atoms with Gasteiger partial charge in [-0.1, -0.05) is 0 Å². The second-order valence-electron chi connectivity index (χ2n) is 6.28. The predicted octanol–water partition coefficient (Wildman–Crippen LogP) is 1.61. The van der Waals surface area contributed by atoms with Crippen LogP contribution in [-0.2, 0) is 9.59 Å². The molecular weight excluding hydrogens is 338 g/mol. The summed E-state index contributed by atoms with van der Waals surface area (Å²) in [5.74, 6) is -0.0753. The van der Waals surface area contributed by atoms with Crippen molar-refractivity contribution in [1.29, 1.82) is 0 Å². The summed E-state index contributed by atoms with van der Waals surface area (Å²) in [6.45, 7) is 2.67. The number of imide groups is 2. The van der Waals surface area contributed by atoms with Crippen molar-refractivity contribution in [2.75, 3.05) is 34.0 Å². The van der Waals surface area contributed by atoms with Gasteiger partial charge in [-0.25, -0.2) is 9.69 Å². The molecule has 2 heterocycles. The number of urea groups is 1. The van der Waals surface area contributed by atoms with Gasteiger partial charge in [0.15, 0.2) is 0 Å². The van der Waals surface area contributed by atoms with Crippen molar-refractivity contribution in [3.05, 3.63) is 23.8 Å². The number of ether oxygens (including phenoxy) is 2. The molecule has 2 aliphatic heterocycles. The molecule has 2 saturated heterocycles. The van der Waals surface area contributed by atoms with Gasteiger partial charge < -0.3 is 9.47 Å². The third-order valence-electron chi connectivity index (χ3n) is 4.93. The molecule has 0 radical (unpaired) electrons. The van der Waals surface area contributed by atoms with Gasteiger partial charge in [0, 0.05) is 24.7 Å². The van der Waals surface area contributed by atoms with E-state index in [4.69, 9.17) is 9.47 Å². The van der Waals surface area contributed by atoms with Crippen molar-refractivity contribution in [2.45, 2.75) is 25.8 Å². The number of rotatable bonds is 6. The predicted molar refractivity (Wildman–Crippen MR) is 92.7 cm³/mol. The summed E-state index contributed by atoms with van der Waals surface area (Å²) in [6.07, 6.45) is 1.79. The minimum Gasteiger partial charge on any atom is -0.497 e. The summed E-state index contributed by atoms with van der Waals surface area (Å²) in [6, 6.07) is 5.02. The Balaban J connectivity index is 1.85. The first kappa shape index (κ1) is 18.2. The molecule has 2 aliphatic rings. The van der Waals surface area contributed by atoms with Crippen molar-refractivity contribution in [2.24, 2.45) is 0 Å². The maximum atomic E-state index is 12.4. The molecule has 0 aromatic heterocycles. The van der Waals surface area contributed by atoms with E-state index >= 15 is 0 Å². The van der Waals surface area contributed by atoms with Gasteiger partial charge in [-0.3, -0.25) is 19.4 Å². The Morgan fingerprint density at radius 1 is 1.08 bits per heavy atom. The third-order valence-corrected chi connectivity index (χ3v) is 4.93. The van der Waals surface area contributed by atoms with Gasteiger partial charge in [0.05, 0.1) is 20.9 Å². The molecule has 3 rings (SSSR count). The van der Waals surface area contributed by atoms with E-state index in [0.717, 1.165) is 40.5 Å². The molecule has 2 fully saturated rings. The molecule has 0 bridgehead atoms. The Bertz CT molecular complexity index is 736. The zero-order valence-electron chi connectivity index (χ0n) is 15.2. The van der Waals surface area contributed by atoms with Crippen LogP contribution in [0.25, 0.3) is 0 Å². The summed E-state index contributed by atoms with van der Waals surface area (Å²) in [4.78, 5) is 40.5. The molecule has 1 atom stereocenters. The number of methoxy groups -OCH3 is 2. The molecule has 1 aromatic carbocycles. The maximum Gasteiger partial charge on any atom is 0.335 e. The van der Waals surface area contributed by atoms with Gasteiger partial charge in [0.1, 0.15) is 11.5 Å². The lowest BCUT2D eigenvalue weighted by molar-refractivity contribution is -0.143. The van der Waals surface area contributed by atoms with Crippen molar-refractivity contribution in [3.63, 3.8) is 0 Å². The third kappa shape index (κ3) is 3.01. The topological polar surface area (TPSA) is 79.4 Å². The molecular formula is C18H23N3O5. The highest BCUT2D eigenvalue weighted by atomic mass is 16.5. The highest BCUT2D eigenvalue weighted by molar-refractivity contribution is 6.44. The van der Waals surface area contributed by atoms with Crippen LogP contribution in [0.15, 0.2) is 18.2 Å².